The third-order valence-corrected chi connectivity index (χ3v) is 4.05. The average Bonchev–Trinajstić information content (AvgIpc) is 2.61. The van der Waals surface area contributed by atoms with Gasteiger partial charge in [0.05, 0.1) is 5.03 Å². The van der Waals surface area contributed by atoms with Crippen molar-refractivity contribution >= 4 is 23.6 Å². The van der Waals surface area contributed by atoms with Gasteiger partial charge in [-0.3, -0.25) is 9.59 Å². The molecule has 2 rings (SSSR count). The standard InChI is InChI=1S/C17H19N3O3S/c18-17(22)13-5-3-6-14(11-13)23-12-15(21)19-9-4-10-24-16-7-1-2-8-20-16/h1-3,5-8,11H,4,9-10,12H2,(H2,18,22)(H,19,21). The number of hydrogen-bond donors (Lipinski definition) is 2. The van der Waals surface area contributed by atoms with E-state index < -0.39 is 5.91 Å². The van der Waals surface area contributed by atoms with Crippen LogP contribution in [-0.2, 0) is 4.79 Å². The second kappa shape index (κ2) is 9.57. The number of benzene rings is 1. The van der Waals surface area contributed by atoms with Gasteiger partial charge in [0, 0.05) is 24.1 Å². The van der Waals surface area contributed by atoms with E-state index in [4.69, 9.17) is 10.5 Å². The highest BCUT2D eigenvalue weighted by Crippen LogP contribution is 2.14. The van der Waals surface area contributed by atoms with Crippen LogP contribution in [0.5, 0.6) is 5.75 Å². The predicted molar refractivity (Wildman–Crippen MR) is 93.0 cm³/mol. The molecule has 1 aromatic heterocycles. The summed E-state index contributed by atoms with van der Waals surface area (Å²) in [4.78, 5) is 27.0. The zero-order valence-electron chi connectivity index (χ0n) is 13.1. The van der Waals surface area contributed by atoms with Gasteiger partial charge in [0.25, 0.3) is 5.91 Å². The van der Waals surface area contributed by atoms with E-state index in [1.54, 1.807) is 36.2 Å². The lowest BCUT2D eigenvalue weighted by atomic mass is 10.2. The number of ether oxygens (including phenoxy) is 1. The smallest absolute Gasteiger partial charge is 0.257 e. The molecule has 2 aromatic rings. The number of amides is 2. The molecule has 0 aliphatic carbocycles. The fourth-order valence-electron chi connectivity index (χ4n) is 1.85. The van der Waals surface area contributed by atoms with Crippen LogP contribution in [0.1, 0.15) is 16.8 Å². The zero-order valence-corrected chi connectivity index (χ0v) is 13.9. The van der Waals surface area contributed by atoms with E-state index in [9.17, 15) is 9.59 Å². The molecule has 0 aliphatic heterocycles. The van der Waals surface area contributed by atoms with Gasteiger partial charge < -0.3 is 15.8 Å². The van der Waals surface area contributed by atoms with E-state index in [1.165, 1.54) is 6.07 Å². The normalized spacial score (nSPS) is 10.2. The van der Waals surface area contributed by atoms with Crippen molar-refractivity contribution in [2.24, 2.45) is 5.73 Å². The average molecular weight is 345 g/mol. The largest absolute Gasteiger partial charge is 0.484 e. The lowest BCUT2D eigenvalue weighted by Crippen LogP contribution is -2.30. The first-order valence-electron chi connectivity index (χ1n) is 7.48. The van der Waals surface area contributed by atoms with Gasteiger partial charge >= 0.3 is 0 Å². The Kier molecular flexibility index (Phi) is 7.10. The maximum atomic E-state index is 11.7. The summed E-state index contributed by atoms with van der Waals surface area (Å²) >= 11 is 1.65. The first-order valence-corrected chi connectivity index (χ1v) is 8.47. The number of hydrogen-bond acceptors (Lipinski definition) is 5. The van der Waals surface area contributed by atoms with E-state index in [2.05, 4.69) is 10.3 Å². The summed E-state index contributed by atoms with van der Waals surface area (Å²) in [5.74, 6) is 0.573. The number of thioether (sulfide) groups is 1. The van der Waals surface area contributed by atoms with Crippen LogP contribution in [0.25, 0.3) is 0 Å². The number of nitrogens with zero attached hydrogens (tertiary/aromatic N) is 1. The Balaban J connectivity index is 1.61. The summed E-state index contributed by atoms with van der Waals surface area (Å²) in [7, 11) is 0. The first kappa shape index (κ1) is 17.8. The van der Waals surface area contributed by atoms with Crippen molar-refractivity contribution in [2.75, 3.05) is 18.9 Å². The van der Waals surface area contributed by atoms with Gasteiger partial charge in [0.1, 0.15) is 5.75 Å². The molecule has 1 aromatic carbocycles. The van der Waals surface area contributed by atoms with Crippen LogP contribution in [0.4, 0.5) is 0 Å². The molecule has 2 amide bonds. The summed E-state index contributed by atoms with van der Waals surface area (Å²) in [6.45, 7) is 0.471. The summed E-state index contributed by atoms with van der Waals surface area (Å²) in [5, 5.41) is 3.76. The molecule has 0 unspecified atom stereocenters. The second-order valence-electron chi connectivity index (χ2n) is 4.90. The van der Waals surface area contributed by atoms with Crippen LogP contribution in [0.2, 0.25) is 0 Å². The minimum absolute atomic E-state index is 0.102. The van der Waals surface area contributed by atoms with Gasteiger partial charge in [0.2, 0.25) is 5.91 Å². The van der Waals surface area contributed by atoms with E-state index in [1.807, 2.05) is 18.2 Å². The molecule has 7 heteroatoms. The van der Waals surface area contributed by atoms with Gasteiger partial charge in [-0.25, -0.2) is 4.98 Å². The predicted octanol–water partition coefficient (Wildman–Crippen LogP) is 1.86. The molecule has 0 aliphatic rings. The summed E-state index contributed by atoms with van der Waals surface area (Å²) in [5.41, 5.74) is 5.54. The number of rotatable bonds is 9. The number of nitrogens with two attached hydrogens (primary N) is 1. The number of pyridine rings is 1. The first-order chi connectivity index (χ1) is 11.6. The van der Waals surface area contributed by atoms with Crippen molar-refractivity contribution in [1.29, 1.82) is 0 Å². The molecule has 6 nitrogen and oxygen atoms in total. The fourth-order valence-corrected chi connectivity index (χ4v) is 2.66. The van der Waals surface area contributed by atoms with E-state index in [-0.39, 0.29) is 12.5 Å². The SMILES string of the molecule is NC(=O)c1cccc(OCC(=O)NCCCSc2ccccn2)c1. The highest BCUT2D eigenvalue weighted by molar-refractivity contribution is 7.99. The Morgan fingerprint density at radius 3 is 2.83 bits per heavy atom. The Morgan fingerprint density at radius 1 is 1.21 bits per heavy atom. The molecule has 0 spiro atoms. The topological polar surface area (TPSA) is 94.3 Å². The highest BCUT2D eigenvalue weighted by atomic mass is 32.2. The van der Waals surface area contributed by atoms with Crippen molar-refractivity contribution in [3.63, 3.8) is 0 Å². The number of nitrogens with one attached hydrogen (secondary N) is 1. The maximum absolute atomic E-state index is 11.7. The summed E-state index contributed by atoms with van der Waals surface area (Å²) in [6.07, 6.45) is 2.60. The monoisotopic (exact) mass is 345 g/mol. The van der Waals surface area contributed by atoms with Crippen molar-refractivity contribution in [1.82, 2.24) is 10.3 Å². The fraction of sp³-hybridized carbons (Fsp3) is 0.235. The summed E-state index contributed by atoms with van der Waals surface area (Å²) in [6, 6.07) is 12.2. The Hall–Kier alpha value is -2.54. The van der Waals surface area contributed by atoms with Crippen molar-refractivity contribution in [2.45, 2.75) is 11.4 Å². The zero-order chi connectivity index (χ0) is 17.2. The molecule has 24 heavy (non-hydrogen) atoms. The maximum Gasteiger partial charge on any atom is 0.257 e. The molecule has 3 N–H and O–H groups in total. The van der Waals surface area contributed by atoms with E-state index >= 15 is 0 Å². The van der Waals surface area contributed by atoms with Crippen LogP contribution >= 0.6 is 11.8 Å². The van der Waals surface area contributed by atoms with Crippen molar-refractivity contribution in [3.05, 3.63) is 54.2 Å². The van der Waals surface area contributed by atoms with Gasteiger partial charge in [0.15, 0.2) is 6.61 Å². The second-order valence-corrected chi connectivity index (χ2v) is 6.02. The van der Waals surface area contributed by atoms with Crippen molar-refractivity contribution < 1.29 is 14.3 Å². The van der Waals surface area contributed by atoms with Crippen LogP contribution in [0, 0.1) is 0 Å². The number of carbonyl (C=O) groups excluding carboxylic acids is 2. The van der Waals surface area contributed by atoms with Gasteiger partial charge in [-0.1, -0.05) is 12.1 Å². The van der Waals surface area contributed by atoms with Crippen LogP contribution in [0.15, 0.2) is 53.7 Å². The minimum Gasteiger partial charge on any atom is -0.484 e. The molecule has 126 valence electrons. The molecule has 0 atom stereocenters. The molecule has 1 heterocycles. The van der Waals surface area contributed by atoms with Gasteiger partial charge in [-0.05, 0) is 36.8 Å². The highest BCUT2D eigenvalue weighted by Gasteiger charge is 2.05. The van der Waals surface area contributed by atoms with Gasteiger partial charge in [-0.2, -0.15) is 0 Å². The van der Waals surface area contributed by atoms with Crippen molar-refractivity contribution in [3.8, 4) is 5.75 Å². The van der Waals surface area contributed by atoms with Crippen LogP contribution in [-0.4, -0.2) is 35.7 Å². The molecule has 0 saturated heterocycles. The molecule has 0 saturated carbocycles. The molecule has 0 radical (unpaired) electrons. The quantitative estimate of drug-likeness (QED) is 0.534. The Morgan fingerprint density at radius 2 is 2.08 bits per heavy atom. The Labute approximate surface area is 144 Å². The minimum atomic E-state index is -0.532. The molecule has 0 bridgehead atoms. The van der Waals surface area contributed by atoms with E-state index in [0.29, 0.717) is 17.9 Å². The summed E-state index contributed by atoms with van der Waals surface area (Å²) < 4.78 is 5.35. The number of primary amides is 1. The van der Waals surface area contributed by atoms with Crippen LogP contribution in [0.3, 0.4) is 0 Å². The third kappa shape index (κ3) is 6.29. The lowest BCUT2D eigenvalue weighted by molar-refractivity contribution is -0.123. The molecule has 0 fully saturated rings. The lowest BCUT2D eigenvalue weighted by Gasteiger charge is -2.08. The van der Waals surface area contributed by atoms with Crippen LogP contribution < -0.4 is 15.8 Å². The third-order valence-electron chi connectivity index (χ3n) is 3.02. The molecular formula is C17H19N3O3S. The number of carbonyl (C=O) groups is 2. The molecular weight excluding hydrogens is 326 g/mol. The van der Waals surface area contributed by atoms with E-state index in [0.717, 1.165) is 17.2 Å². The van der Waals surface area contributed by atoms with Gasteiger partial charge in [-0.15, -0.1) is 11.8 Å². The number of aromatic nitrogens is 1. The Bertz CT molecular complexity index is 680.